The second kappa shape index (κ2) is 14.4. The molecular weight excluding hydrogens is 671 g/mol. The SMILES string of the molecule is COc1ccc(CN(c2nncn2[C@H]2CCc3sc(NC(=O)C4CC4)c(C(=O)NCC4CC4)c3C2)[C@@H]2CCN(C(=O)OC(C)(C)C)C2)c(OC)c1. The van der Waals surface area contributed by atoms with E-state index in [1.165, 1.54) is 0 Å². The van der Waals surface area contributed by atoms with Crippen LogP contribution >= 0.6 is 11.3 Å². The molecule has 1 aromatic carbocycles. The minimum Gasteiger partial charge on any atom is -0.497 e. The van der Waals surface area contributed by atoms with Crippen LogP contribution in [-0.4, -0.2) is 83.1 Å². The smallest absolute Gasteiger partial charge is 0.410 e. The summed E-state index contributed by atoms with van der Waals surface area (Å²) in [4.78, 5) is 44.9. The van der Waals surface area contributed by atoms with E-state index in [1.807, 2.05) is 39.0 Å². The minimum atomic E-state index is -0.596. The van der Waals surface area contributed by atoms with Crippen molar-refractivity contribution in [3.63, 3.8) is 0 Å². The van der Waals surface area contributed by atoms with E-state index < -0.39 is 5.60 Å². The number of amides is 3. The number of nitrogens with zero attached hydrogens (tertiary/aromatic N) is 5. The summed E-state index contributed by atoms with van der Waals surface area (Å²) in [5, 5.41) is 16.1. The van der Waals surface area contributed by atoms with Crippen LogP contribution in [0.3, 0.4) is 0 Å². The topological polar surface area (TPSA) is 140 Å². The number of fused-ring (bicyclic) bond motifs is 1. The van der Waals surface area contributed by atoms with Crippen LogP contribution in [0.4, 0.5) is 15.7 Å². The Balaban J connectivity index is 1.19. The summed E-state index contributed by atoms with van der Waals surface area (Å²) in [7, 11) is 3.27. The average molecular weight is 720 g/mol. The Morgan fingerprint density at radius 2 is 1.86 bits per heavy atom. The lowest BCUT2D eigenvalue weighted by molar-refractivity contribution is -0.117. The number of methoxy groups -OCH3 is 2. The number of benzene rings is 1. The molecular formula is C37H49N7O6S. The van der Waals surface area contributed by atoms with Crippen LogP contribution in [0.15, 0.2) is 24.5 Å². The summed E-state index contributed by atoms with van der Waals surface area (Å²) < 4.78 is 19.1. The first kappa shape index (κ1) is 35.1. The number of hydrogen-bond acceptors (Lipinski definition) is 10. The molecule has 0 spiro atoms. The van der Waals surface area contributed by atoms with E-state index in [0.717, 1.165) is 60.9 Å². The third-order valence-corrected chi connectivity index (χ3v) is 11.4. The van der Waals surface area contributed by atoms with Crippen LogP contribution in [0.5, 0.6) is 11.5 Å². The Morgan fingerprint density at radius 3 is 2.57 bits per heavy atom. The second-order valence-electron chi connectivity index (χ2n) is 15.2. The van der Waals surface area contributed by atoms with Gasteiger partial charge in [-0.25, -0.2) is 4.79 Å². The number of ether oxygens (including phenoxy) is 3. The Morgan fingerprint density at radius 1 is 1.06 bits per heavy atom. The molecule has 2 N–H and O–H groups in total. The molecule has 2 aromatic heterocycles. The number of rotatable bonds is 12. The van der Waals surface area contributed by atoms with Gasteiger partial charge >= 0.3 is 6.09 Å². The number of thiophene rings is 1. The number of carbonyl (C=O) groups is 3. The molecule has 7 rings (SSSR count). The van der Waals surface area contributed by atoms with E-state index in [0.29, 0.717) is 66.5 Å². The molecule has 0 unspecified atom stereocenters. The number of likely N-dealkylation sites (tertiary alicyclic amines) is 1. The van der Waals surface area contributed by atoms with Gasteiger partial charge in [-0.05, 0) is 95.8 Å². The molecule has 3 amide bonds. The predicted molar refractivity (Wildman–Crippen MR) is 194 cm³/mol. The summed E-state index contributed by atoms with van der Waals surface area (Å²) >= 11 is 1.54. The lowest BCUT2D eigenvalue weighted by Gasteiger charge is -2.33. The predicted octanol–water partition coefficient (Wildman–Crippen LogP) is 5.59. The van der Waals surface area contributed by atoms with Gasteiger partial charge in [0.05, 0.1) is 25.8 Å². The number of anilines is 2. The van der Waals surface area contributed by atoms with E-state index >= 15 is 0 Å². The zero-order valence-corrected chi connectivity index (χ0v) is 31.0. The summed E-state index contributed by atoms with van der Waals surface area (Å²) in [6.07, 6.45) is 8.45. The van der Waals surface area contributed by atoms with Gasteiger partial charge in [-0.2, -0.15) is 0 Å². The van der Waals surface area contributed by atoms with E-state index in [9.17, 15) is 14.4 Å². The fourth-order valence-electron chi connectivity index (χ4n) is 7.06. The van der Waals surface area contributed by atoms with E-state index in [2.05, 4.69) is 25.2 Å². The average Bonchev–Trinajstić information content (AvgIpc) is 3.99. The number of aromatic nitrogens is 3. The normalized spacial score (nSPS) is 20.1. The van der Waals surface area contributed by atoms with E-state index in [-0.39, 0.29) is 35.9 Å². The quantitative estimate of drug-likeness (QED) is 0.245. The van der Waals surface area contributed by atoms with Gasteiger partial charge in [-0.3, -0.25) is 14.2 Å². The highest BCUT2D eigenvalue weighted by Gasteiger charge is 2.38. The zero-order chi connectivity index (χ0) is 35.9. The molecule has 0 bridgehead atoms. The minimum absolute atomic E-state index is 0.00377. The first-order valence-corrected chi connectivity index (χ1v) is 18.9. The summed E-state index contributed by atoms with van der Waals surface area (Å²) in [6.45, 7) is 7.76. The molecule has 2 atom stereocenters. The first-order chi connectivity index (χ1) is 24.5. The fraction of sp³-hybridized carbons (Fsp3) is 0.595. The van der Waals surface area contributed by atoms with Crippen LogP contribution in [0.25, 0.3) is 0 Å². The highest BCUT2D eigenvalue weighted by atomic mass is 32.1. The Kier molecular flexibility index (Phi) is 9.88. The van der Waals surface area contributed by atoms with Crippen molar-refractivity contribution in [2.45, 2.75) is 96.4 Å². The van der Waals surface area contributed by atoms with Crippen molar-refractivity contribution in [3.8, 4) is 11.5 Å². The van der Waals surface area contributed by atoms with Crippen molar-refractivity contribution in [2.24, 2.45) is 11.8 Å². The highest BCUT2D eigenvalue weighted by molar-refractivity contribution is 7.17. The molecule has 0 radical (unpaired) electrons. The summed E-state index contributed by atoms with van der Waals surface area (Å²) in [5.41, 5.74) is 1.95. The third-order valence-electron chi connectivity index (χ3n) is 10.2. The molecule has 3 aliphatic carbocycles. The molecule has 2 saturated carbocycles. The van der Waals surface area contributed by atoms with Crippen LogP contribution in [0.2, 0.25) is 0 Å². The molecule has 14 heteroatoms. The number of nitrogens with one attached hydrogen (secondary N) is 2. The van der Waals surface area contributed by atoms with Crippen molar-refractivity contribution in [3.05, 3.63) is 46.1 Å². The molecule has 3 fully saturated rings. The highest BCUT2D eigenvalue weighted by Crippen LogP contribution is 2.43. The lowest BCUT2D eigenvalue weighted by atomic mass is 9.91. The van der Waals surface area contributed by atoms with Crippen molar-refractivity contribution < 1.29 is 28.6 Å². The standard InChI is InChI=1S/C37H49N7O6S/c1-37(2,3)50-36(47)42-15-14-26(20-42)43(19-24-10-12-27(48-4)17-29(24)49-5)35-41-39-21-44(35)25-11-13-30-28(16-25)31(33(46)38-18-22-6-7-22)34(51-30)40-32(45)23-8-9-23/h10,12,17,21-23,25-26H,6-9,11,13-16,18-20H2,1-5H3,(H,38,46)(H,40,45)/t25-,26+/m0/s1. The molecule has 3 heterocycles. The molecule has 1 aliphatic heterocycles. The van der Waals surface area contributed by atoms with Crippen LogP contribution in [0.1, 0.15) is 91.7 Å². The fourth-order valence-corrected chi connectivity index (χ4v) is 8.30. The second-order valence-corrected chi connectivity index (χ2v) is 16.3. The van der Waals surface area contributed by atoms with Crippen molar-refractivity contribution in [1.82, 2.24) is 25.0 Å². The lowest BCUT2D eigenvalue weighted by Crippen LogP contribution is -2.41. The zero-order valence-electron chi connectivity index (χ0n) is 30.2. The molecule has 13 nitrogen and oxygen atoms in total. The third kappa shape index (κ3) is 7.95. The maximum absolute atomic E-state index is 13.8. The Hall–Kier alpha value is -4.33. The Bertz CT molecular complexity index is 1770. The van der Waals surface area contributed by atoms with Crippen molar-refractivity contribution in [2.75, 3.05) is 44.1 Å². The van der Waals surface area contributed by atoms with Gasteiger partial charge in [-0.15, -0.1) is 21.5 Å². The van der Waals surface area contributed by atoms with Gasteiger partial charge in [0, 0.05) is 54.6 Å². The van der Waals surface area contributed by atoms with Crippen molar-refractivity contribution in [1.29, 1.82) is 0 Å². The number of aryl methyl sites for hydroxylation is 1. The first-order valence-electron chi connectivity index (χ1n) is 18.1. The molecule has 3 aromatic rings. The number of carbonyl (C=O) groups excluding carboxylic acids is 3. The maximum atomic E-state index is 13.8. The Labute approximate surface area is 303 Å². The van der Waals surface area contributed by atoms with Gasteiger partial charge < -0.3 is 34.6 Å². The monoisotopic (exact) mass is 719 g/mol. The van der Waals surface area contributed by atoms with Gasteiger partial charge in [-0.1, -0.05) is 0 Å². The van der Waals surface area contributed by atoms with Crippen LogP contribution < -0.4 is 25.0 Å². The van der Waals surface area contributed by atoms with Crippen molar-refractivity contribution >= 4 is 40.2 Å². The van der Waals surface area contributed by atoms with E-state index in [4.69, 9.17) is 19.3 Å². The van der Waals surface area contributed by atoms with Gasteiger partial charge in [0.1, 0.15) is 28.4 Å². The molecule has 51 heavy (non-hydrogen) atoms. The summed E-state index contributed by atoms with van der Waals surface area (Å²) in [5.74, 6) is 2.54. The summed E-state index contributed by atoms with van der Waals surface area (Å²) in [6, 6.07) is 5.68. The van der Waals surface area contributed by atoms with Crippen LogP contribution in [0, 0.1) is 11.8 Å². The number of hydrogen-bond donors (Lipinski definition) is 2. The van der Waals surface area contributed by atoms with Gasteiger partial charge in [0.2, 0.25) is 11.9 Å². The molecule has 274 valence electrons. The van der Waals surface area contributed by atoms with Gasteiger partial charge in [0.25, 0.3) is 5.91 Å². The largest absolute Gasteiger partial charge is 0.497 e. The molecule has 1 saturated heterocycles. The molecule has 4 aliphatic rings. The van der Waals surface area contributed by atoms with E-state index in [1.54, 1.807) is 36.8 Å². The maximum Gasteiger partial charge on any atom is 0.410 e. The van der Waals surface area contributed by atoms with Crippen LogP contribution in [-0.2, 0) is 28.9 Å². The van der Waals surface area contributed by atoms with Gasteiger partial charge in [0.15, 0.2) is 0 Å².